The summed E-state index contributed by atoms with van der Waals surface area (Å²) in [5.74, 6) is 1.31. The molecule has 7 nitrogen and oxygen atoms in total. The van der Waals surface area contributed by atoms with E-state index in [0.717, 1.165) is 16.2 Å². The lowest BCUT2D eigenvalue weighted by molar-refractivity contribution is 0.0526. The van der Waals surface area contributed by atoms with E-state index in [0.29, 0.717) is 29.6 Å². The molecular formula is C17H19N5O2S. The molecule has 0 fully saturated rings. The number of nitrogens with zero attached hydrogens (tertiary/aromatic N) is 4. The van der Waals surface area contributed by atoms with Crippen LogP contribution in [0.2, 0.25) is 0 Å². The molecule has 1 aromatic carbocycles. The maximum absolute atomic E-state index is 12.0. The number of aromatic nitrogens is 4. The van der Waals surface area contributed by atoms with E-state index in [2.05, 4.69) is 19.9 Å². The molecule has 0 atom stereocenters. The fourth-order valence-electron chi connectivity index (χ4n) is 2.30. The fraction of sp³-hybridized carbons (Fsp3) is 0.294. The molecule has 25 heavy (non-hydrogen) atoms. The number of ether oxygens (including phenoxy) is 1. The summed E-state index contributed by atoms with van der Waals surface area (Å²) in [6, 6.07) is 7.87. The molecule has 0 saturated heterocycles. The molecule has 2 heterocycles. The number of thioether (sulfide) groups is 1. The van der Waals surface area contributed by atoms with Crippen LogP contribution in [0, 0.1) is 0 Å². The SMILES string of the molecule is CCOC(=O)c1cnc(CSc2nc3ccccc3[nH]2)nc1N(C)C. The van der Waals surface area contributed by atoms with Crippen LogP contribution in [0.5, 0.6) is 0 Å². The predicted octanol–water partition coefficient (Wildman–Crippen LogP) is 2.89. The molecule has 1 N–H and O–H groups in total. The van der Waals surface area contributed by atoms with Crippen molar-refractivity contribution >= 4 is 34.6 Å². The van der Waals surface area contributed by atoms with Gasteiger partial charge >= 0.3 is 5.97 Å². The highest BCUT2D eigenvalue weighted by Crippen LogP contribution is 2.23. The van der Waals surface area contributed by atoms with Crippen molar-refractivity contribution in [2.24, 2.45) is 0 Å². The summed E-state index contributed by atoms with van der Waals surface area (Å²) in [7, 11) is 3.67. The number of hydrogen-bond acceptors (Lipinski definition) is 7. The third-order valence-electron chi connectivity index (χ3n) is 3.44. The van der Waals surface area contributed by atoms with Crippen molar-refractivity contribution in [2.75, 3.05) is 25.6 Å². The van der Waals surface area contributed by atoms with Gasteiger partial charge in [-0.2, -0.15) is 0 Å². The Morgan fingerprint density at radius 2 is 2.08 bits per heavy atom. The van der Waals surface area contributed by atoms with Gasteiger partial charge < -0.3 is 14.6 Å². The van der Waals surface area contributed by atoms with E-state index in [1.165, 1.54) is 18.0 Å². The number of rotatable bonds is 6. The highest BCUT2D eigenvalue weighted by molar-refractivity contribution is 7.98. The lowest BCUT2D eigenvalue weighted by atomic mass is 10.3. The van der Waals surface area contributed by atoms with Crippen LogP contribution in [-0.4, -0.2) is 46.6 Å². The Balaban J connectivity index is 1.78. The number of nitrogens with one attached hydrogen (secondary N) is 1. The van der Waals surface area contributed by atoms with Gasteiger partial charge in [0.05, 0.1) is 23.4 Å². The Morgan fingerprint density at radius 1 is 1.28 bits per heavy atom. The smallest absolute Gasteiger partial charge is 0.343 e. The molecule has 0 spiro atoms. The van der Waals surface area contributed by atoms with E-state index in [1.54, 1.807) is 11.8 Å². The van der Waals surface area contributed by atoms with Crippen LogP contribution in [0.1, 0.15) is 23.1 Å². The minimum absolute atomic E-state index is 0.315. The number of aromatic amines is 1. The predicted molar refractivity (Wildman–Crippen MR) is 98.0 cm³/mol. The largest absolute Gasteiger partial charge is 0.462 e. The molecule has 0 aliphatic carbocycles. The van der Waals surface area contributed by atoms with Gasteiger partial charge in [-0.05, 0) is 19.1 Å². The van der Waals surface area contributed by atoms with Crippen LogP contribution in [0.3, 0.4) is 0 Å². The fourth-order valence-corrected chi connectivity index (χ4v) is 3.05. The van der Waals surface area contributed by atoms with Crippen molar-refractivity contribution in [3.8, 4) is 0 Å². The Bertz CT molecular complexity index is 861. The first-order chi connectivity index (χ1) is 12.1. The normalized spacial score (nSPS) is 10.8. The average molecular weight is 357 g/mol. The maximum atomic E-state index is 12.0. The van der Waals surface area contributed by atoms with E-state index in [4.69, 9.17) is 4.74 Å². The standard InChI is InChI=1S/C17H19N5O2S/c1-4-24-16(23)11-9-18-14(21-15(11)22(2)3)10-25-17-19-12-7-5-6-8-13(12)20-17/h5-9H,4,10H2,1-3H3,(H,19,20). The van der Waals surface area contributed by atoms with Crippen molar-refractivity contribution in [3.05, 3.63) is 41.9 Å². The molecule has 0 aliphatic rings. The van der Waals surface area contributed by atoms with Crippen molar-refractivity contribution in [3.63, 3.8) is 0 Å². The van der Waals surface area contributed by atoms with Gasteiger partial charge in [-0.15, -0.1) is 0 Å². The van der Waals surface area contributed by atoms with Gasteiger partial charge in [0, 0.05) is 20.3 Å². The minimum atomic E-state index is -0.414. The van der Waals surface area contributed by atoms with Crippen LogP contribution >= 0.6 is 11.8 Å². The molecule has 3 aromatic rings. The number of anilines is 1. The van der Waals surface area contributed by atoms with Crippen LogP contribution in [0.4, 0.5) is 5.82 Å². The van der Waals surface area contributed by atoms with Gasteiger partial charge in [-0.25, -0.2) is 19.7 Å². The number of esters is 1. The minimum Gasteiger partial charge on any atom is -0.462 e. The second-order valence-corrected chi connectivity index (χ2v) is 6.45. The zero-order valence-electron chi connectivity index (χ0n) is 14.3. The third-order valence-corrected chi connectivity index (χ3v) is 4.31. The number of H-pyrrole nitrogens is 1. The molecule has 130 valence electrons. The number of carbonyl (C=O) groups excluding carboxylic acids is 1. The Morgan fingerprint density at radius 3 is 2.80 bits per heavy atom. The lowest BCUT2D eigenvalue weighted by Gasteiger charge is -2.15. The van der Waals surface area contributed by atoms with Crippen molar-refractivity contribution in [1.82, 2.24) is 19.9 Å². The Kier molecular flexibility index (Phi) is 5.18. The van der Waals surface area contributed by atoms with Crippen LogP contribution in [-0.2, 0) is 10.5 Å². The quantitative estimate of drug-likeness (QED) is 0.536. The number of fused-ring (bicyclic) bond motifs is 1. The highest BCUT2D eigenvalue weighted by atomic mass is 32.2. The molecule has 0 unspecified atom stereocenters. The van der Waals surface area contributed by atoms with Crippen LogP contribution in [0.25, 0.3) is 11.0 Å². The molecule has 0 aliphatic heterocycles. The summed E-state index contributed by atoms with van der Waals surface area (Å²) < 4.78 is 5.06. The van der Waals surface area contributed by atoms with Gasteiger partial charge in [-0.3, -0.25) is 0 Å². The van der Waals surface area contributed by atoms with Gasteiger partial charge in [-0.1, -0.05) is 23.9 Å². The molecule has 0 amide bonds. The Labute approximate surface area is 149 Å². The number of hydrogen-bond donors (Lipinski definition) is 1. The Hall–Kier alpha value is -2.61. The van der Waals surface area contributed by atoms with E-state index in [9.17, 15) is 4.79 Å². The van der Waals surface area contributed by atoms with Crippen molar-refractivity contribution < 1.29 is 9.53 Å². The van der Waals surface area contributed by atoms with E-state index < -0.39 is 5.97 Å². The zero-order chi connectivity index (χ0) is 17.8. The highest BCUT2D eigenvalue weighted by Gasteiger charge is 2.17. The molecule has 8 heteroatoms. The van der Waals surface area contributed by atoms with Crippen molar-refractivity contribution in [2.45, 2.75) is 17.8 Å². The van der Waals surface area contributed by atoms with E-state index in [-0.39, 0.29) is 0 Å². The summed E-state index contributed by atoms with van der Waals surface area (Å²) in [4.78, 5) is 30.4. The topological polar surface area (TPSA) is 84.0 Å². The maximum Gasteiger partial charge on any atom is 0.343 e. The average Bonchev–Trinajstić information content (AvgIpc) is 3.03. The number of imidazole rings is 1. The molecule has 3 rings (SSSR count). The van der Waals surface area contributed by atoms with Crippen molar-refractivity contribution in [1.29, 1.82) is 0 Å². The van der Waals surface area contributed by atoms with Gasteiger partial charge in [0.2, 0.25) is 0 Å². The summed E-state index contributed by atoms with van der Waals surface area (Å²) >= 11 is 1.52. The third kappa shape index (κ3) is 3.90. The first-order valence-corrected chi connectivity index (χ1v) is 8.85. The molecule has 0 radical (unpaired) electrons. The van der Waals surface area contributed by atoms with Crippen LogP contribution in [0.15, 0.2) is 35.6 Å². The monoisotopic (exact) mass is 357 g/mol. The summed E-state index contributed by atoms with van der Waals surface area (Å²) in [6.07, 6.45) is 1.52. The molecule has 0 saturated carbocycles. The molecule has 2 aromatic heterocycles. The van der Waals surface area contributed by atoms with E-state index >= 15 is 0 Å². The molecule has 0 bridgehead atoms. The zero-order valence-corrected chi connectivity index (χ0v) is 15.1. The molecular weight excluding hydrogens is 338 g/mol. The van der Waals surface area contributed by atoms with E-state index in [1.807, 2.05) is 38.4 Å². The number of carbonyl (C=O) groups is 1. The second kappa shape index (κ2) is 7.52. The van der Waals surface area contributed by atoms with Crippen LogP contribution < -0.4 is 4.90 Å². The van der Waals surface area contributed by atoms with Gasteiger partial charge in [0.1, 0.15) is 17.2 Å². The second-order valence-electron chi connectivity index (χ2n) is 5.49. The first kappa shape index (κ1) is 17.2. The number of para-hydroxylation sites is 2. The lowest BCUT2D eigenvalue weighted by Crippen LogP contribution is -2.18. The number of benzene rings is 1. The first-order valence-electron chi connectivity index (χ1n) is 7.86. The summed E-state index contributed by atoms with van der Waals surface area (Å²) in [5.41, 5.74) is 2.29. The van der Waals surface area contributed by atoms with Gasteiger partial charge in [0.15, 0.2) is 5.16 Å². The summed E-state index contributed by atoms with van der Waals surface area (Å²) in [6.45, 7) is 2.09. The van der Waals surface area contributed by atoms with Gasteiger partial charge in [0.25, 0.3) is 0 Å². The summed E-state index contributed by atoms with van der Waals surface area (Å²) in [5, 5.41) is 0.811.